The summed E-state index contributed by atoms with van der Waals surface area (Å²) in [5, 5.41) is 0. The zero-order valence-electron chi connectivity index (χ0n) is 16.5. The van der Waals surface area contributed by atoms with Crippen molar-refractivity contribution in [3.05, 3.63) is 23.9 Å². The second-order valence-corrected chi connectivity index (χ2v) is 8.56. The van der Waals surface area contributed by atoms with Gasteiger partial charge in [0.1, 0.15) is 5.82 Å². The maximum Gasteiger partial charge on any atom is 0.222 e. The number of Topliss-reactive ketones (excluding diaryl/α,β-unsaturated/α-hetero) is 1. The molecule has 0 N–H and O–H groups in total. The molecule has 27 heavy (non-hydrogen) atoms. The minimum absolute atomic E-state index is 0.0210. The molecule has 6 nitrogen and oxygen atoms in total. The lowest BCUT2D eigenvalue weighted by molar-refractivity contribution is -0.130. The number of nitrogens with zero attached hydrogens (tertiary/aromatic N) is 4. The van der Waals surface area contributed by atoms with Crippen molar-refractivity contribution in [1.82, 2.24) is 14.8 Å². The number of hydrogen-bond acceptors (Lipinski definition) is 5. The number of pyridine rings is 1. The minimum atomic E-state index is 0.0210. The van der Waals surface area contributed by atoms with E-state index in [-0.39, 0.29) is 11.3 Å². The van der Waals surface area contributed by atoms with Gasteiger partial charge < -0.3 is 9.80 Å². The third-order valence-corrected chi connectivity index (χ3v) is 6.66. The van der Waals surface area contributed by atoms with Gasteiger partial charge >= 0.3 is 0 Å². The van der Waals surface area contributed by atoms with Crippen LogP contribution in [0.5, 0.6) is 0 Å². The molecule has 1 aromatic rings. The number of rotatable bonds is 4. The Morgan fingerprint density at radius 3 is 2.70 bits per heavy atom. The van der Waals surface area contributed by atoms with Crippen LogP contribution < -0.4 is 4.90 Å². The quantitative estimate of drug-likeness (QED) is 0.761. The predicted molar refractivity (Wildman–Crippen MR) is 105 cm³/mol. The molecule has 1 atom stereocenters. The minimum Gasteiger partial charge on any atom is -0.353 e. The molecule has 4 rings (SSSR count). The first-order valence-corrected chi connectivity index (χ1v) is 10.2. The molecular weight excluding hydrogens is 340 g/mol. The van der Waals surface area contributed by atoms with E-state index in [9.17, 15) is 9.59 Å². The molecule has 3 fully saturated rings. The number of piperazine rings is 1. The third-order valence-electron chi connectivity index (χ3n) is 6.66. The van der Waals surface area contributed by atoms with Gasteiger partial charge in [0, 0.05) is 56.4 Å². The van der Waals surface area contributed by atoms with Crippen LogP contribution in [0.3, 0.4) is 0 Å². The maximum atomic E-state index is 12.6. The van der Waals surface area contributed by atoms with Gasteiger partial charge in [-0.2, -0.15) is 0 Å². The molecule has 2 aliphatic heterocycles. The Bertz CT molecular complexity index is 715. The Hall–Kier alpha value is -1.95. The number of aromatic nitrogens is 1. The molecular formula is C21H30N4O2. The first-order valence-electron chi connectivity index (χ1n) is 10.2. The molecule has 0 aromatic carbocycles. The van der Waals surface area contributed by atoms with Crippen LogP contribution in [0.1, 0.15) is 49.4 Å². The van der Waals surface area contributed by atoms with Crippen molar-refractivity contribution in [2.24, 2.45) is 5.92 Å². The number of carbonyl (C=O) groups is 2. The van der Waals surface area contributed by atoms with Gasteiger partial charge in [0.25, 0.3) is 0 Å². The van der Waals surface area contributed by atoms with Crippen LogP contribution in [-0.4, -0.2) is 71.8 Å². The average Bonchev–Trinajstić information content (AvgIpc) is 3.50. The summed E-state index contributed by atoms with van der Waals surface area (Å²) in [6.07, 6.45) is 6.81. The van der Waals surface area contributed by atoms with E-state index in [0.29, 0.717) is 17.9 Å². The van der Waals surface area contributed by atoms with Crippen molar-refractivity contribution in [3.63, 3.8) is 0 Å². The number of anilines is 1. The van der Waals surface area contributed by atoms with Gasteiger partial charge in [-0.25, -0.2) is 4.98 Å². The van der Waals surface area contributed by atoms with Crippen LogP contribution in [0.2, 0.25) is 0 Å². The Morgan fingerprint density at radius 1 is 1.22 bits per heavy atom. The highest BCUT2D eigenvalue weighted by molar-refractivity contribution is 5.93. The highest BCUT2D eigenvalue weighted by Crippen LogP contribution is 2.35. The molecule has 1 amide bonds. The highest BCUT2D eigenvalue weighted by atomic mass is 16.2. The largest absolute Gasteiger partial charge is 0.353 e. The lowest BCUT2D eigenvalue weighted by Crippen LogP contribution is -2.61. The summed E-state index contributed by atoms with van der Waals surface area (Å²) >= 11 is 0. The van der Waals surface area contributed by atoms with Crippen LogP contribution in [0.25, 0.3) is 0 Å². The second-order valence-electron chi connectivity index (χ2n) is 8.56. The zero-order chi connectivity index (χ0) is 19.0. The highest BCUT2D eigenvalue weighted by Gasteiger charge is 2.43. The van der Waals surface area contributed by atoms with Crippen molar-refractivity contribution >= 4 is 17.5 Å². The van der Waals surface area contributed by atoms with Gasteiger partial charge in [-0.3, -0.25) is 14.5 Å². The molecule has 0 unspecified atom stereocenters. The molecule has 2 saturated heterocycles. The van der Waals surface area contributed by atoms with Gasteiger partial charge in [0.2, 0.25) is 5.91 Å². The topological polar surface area (TPSA) is 56.8 Å². The number of ketones is 1. The fraction of sp³-hybridized carbons (Fsp3) is 0.667. The van der Waals surface area contributed by atoms with Gasteiger partial charge in [-0.05, 0) is 57.7 Å². The van der Waals surface area contributed by atoms with Crippen molar-refractivity contribution in [2.75, 3.05) is 44.7 Å². The molecule has 3 aliphatic rings. The summed E-state index contributed by atoms with van der Waals surface area (Å²) in [5.74, 6) is 2.04. The standard InChI is InChI=1S/C21H30N4O2/c1-16(26)18-5-6-19(22-13-18)25-12-11-23(2)21(15-25)8-7-20(27)24(10-9-21)14-17-3-4-17/h5-6,13,17H,3-4,7-12,14-15H2,1-2H3/t21-/m0/s1. The molecule has 1 spiro atoms. The summed E-state index contributed by atoms with van der Waals surface area (Å²) in [7, 11) is 2.20. The van der Waals surface area contributed by atoms with Gasteiger partial charge in [0.15, 0.2) is 5.78 Å². The molecule has 1 aromatic heterocycles. The first kappa shape index (κ1) is 18.4. The number of likely N-dealkylation sites (tertiary alicyclic amines) is 1. The molecule has 1 saturated carbocycles. The Balaban J connectivity index is 1.49. The van der Waals surface area contributed by atoms with Crippen LogP contribution in [0, 0.1) is 5.92 Å². The summed E-state index contributed by atoms with van der Waals surface area (Å²) in [5.41, 5.74) is 0.672. The summed E-state index contributed by atoms with van der Waals surface area (Å²) < 4.78 is 0. The Kier molecular flexibility index (Phi) is 4.93. The van der Waals surface area contributed by atoms with E-state index in [1.807, 2.05) is 12.1 Å². The van der Waals surface area contributed by atoms with E-state index in [0.717, 1.165) is 57.3 Å². The number of likely N-dealkylation sites (N-methyl/N-ethyl adjacent to an activating group) is 1. The van der Waals surface area contributed by atoms with E-state index in [4.69, 9.17) is 0 Å². The smallest absolute Gasteiger partial charge is 0.222 e. The van der Waals surface area contributed by atoms with Gasteiger partial charge in [-0.15, -0.1) is 0 Å². The van der Waals surface area contributed by atoms with Crippen LogP contribution in [0.4, 0.5) is 5.82 Å². The van der Waals surface area contributed by atoms with E-state index < -0.39 is 0 Å². The number of amides is 1. The fourth-order valence-electron chi connectivity index (χ4n) is 4.48. The lowest BCUT2D eigenvalue weighted by atomic mass is 9.86. The van der Waals surface area contributed by atoms with Crippen molar-refractivity contribution < 1.29 is 9.59 Å². The molecule has 6 heteroatoms. The van der Waals surface area contributed by atoms with Crippen LogP contribution in [0.15, 0.2) is 18.3 Å². The summed E-state index contributed by atoms with van der Waals surface area (Å²) in [6, 6.07) is 3.82. The Morgan fingerprint density at radius 2 is 2.04 bits per heavy atom. The van der Waals surface area contributed by atoms with Crippen LogP contribution >= 0.6 is 0 Å². The second kappa shape index (κ2) is 7.23. The van der Waals surface area contributed by atoms with E-state index in [1.165, 1.54) is 12.8 Å². The van der Waals surface area contributed by atoms with Gasteiger partial charge in [0.05, 0.1) is 0 Å². The monoisotopic (exact) mass is 370 g/mol. The molecule has 1 aliphatic carbocycles. The van der Waals surface area contributed by atoms with Crippen molar-refractivity contribution in [3.8, 4) is 0 Å². The lowest BCUT2D eigenvalue weighted by Gasteiger charge is -2.49. The molecule has 3 heterocycles. The normalized spacial score (nSPS) is 27.1. The fourth-order valence-corrected chi connectivity index (χ4v) is 4.48. The maximum absolute atomic E-state index is 12.6. The third kappa shape index (κ3) is 3.86. The molecule has 146 valence electrons. The van der Waals surface area contributed by atoms with Crippen LogP contribution in [-0.2, 0) is 4.79 Å². The zero-order valence-corrected chi connectivity index (χ0v) is 16.5. The van der Waals surface area contributed by atoms with E-state index in [2.05, 4.69) is 26.7 Å². The number of hydrogen-bond donors (Lipinski definition) is 0. The first-order chi connectivity index (χ1) is 13.0. The molecule has 0 radical (unpaired) electrons. The summed E-state index contributed by atoms with van der Waals surface area (Å²) in [6.45, 7) is 6.16. The van der Waals surface area contributed by atoms with E-state index in [1.54, 1.807) is 13.1 Å². The SMILES string of the molecule is CC(=O)c1ccc(N2CCN(C)[C@]3(CCC(=O)N(CC4CC4)CC3)C2)nc1. The van der Waals surface area contributed by atoms with Crippen molar-refractivity contribution in [1.29, 1.82) is 0 Å². The summed E-state index contributed by atoms with van der Waals surface area (Å²) in [4.78, 5) is 35.5. The van der Waals surface area contributed by atoms with Gasteiger partial charge in [-0.1, -0.05) is 0 Å². The predicted octanol–water partition coefficient (Wildman–Crippen LogP) is 2.20. The van der Waals surface area contributed by atoms with E-state index >= 15 is 0 Å². The average molecular weight is 370 g/mol. The molecule has 0 bridgehead atoms. The Labute approximate surface area is 161 Å². The van der Waals surface area contributed by atoms with Crippen molar-refractivity contribution in [2.45, 2.75) is 44.6 Å². The number of carbonyl (C=O) groups excluding carboxylic acids is 2.